The van der Waals surface area contributed by atoms with Crippen LogP contribution in [0.15, 0.2) is 46.2 Å². The smallest absolute Gasteiger partial charge is 0.337 e. The van der Waals surface area contributed by atoms with Gasteiger partial charge in [-0.15, -0.1) is 0 Å². The summed E-state index contributed by atoms with van der Waals surface area (Å²) in [5.74, 6) is -6.79. The zero-order valence-electron chi connectivity index (χ0n) is 13.1. The number of rotatable bonds is 6. The summed E-state index contributed by atoms with van der Waals surface area (Å²) < 4.78 is 25.6. The first-order chi connectivity index (χ1) is 12.5. The van der Waals surface area contributed by atoms with Gasteiger partial charge in [-0.1, -0.05) is 6.07 Å². The van der Waals surface area contributed by atoms with E-state index in [1.165, 1.54) is 0 Å². The molecule has 4 N–H and O–H groups in total. The standard InChI is InChI=1S/C16H10O10S/c17-13(18)8-5-4-7(6-10(8)15(21)22)27(25,26)11-3-1-2-9(14(19)20)12(11)16(23)24/h1-6H,(H,17,18)(H,19,20)(H,21,22)(H,23,24). The maximum Gasteiger partial charge on any atom is 0.337 e. The van der Waals surface area contributed by atoms with E-state index in [0.717, 1.165) is 30.3 Å². The summed E-state index contributed by atoms with van der Waals surface area (Å²) in [6, 6.07) is 4.90. The fourth-order valence-electron chi connectivity index (χ4n) is 2.33. The molecule has 0 saturated heterocycles. The van der Waals surface area contributed by atoms with Gasteiger partial charge in [0, 0.05) is 0 Å². The second-order valence-corrected chi connectivity index (χ2v) is 7.03. The van der Waals surface area contributed by atoms with Crippen molar-refractivity contribution in [3.8, 4) is 0 Å². The highest BCUT2D eigenvalue weighted by molar-refractivity contribution is 7.91. The summed E-state index contributed by atoms with van der Waals surface area (Å²) in [5, 5.41) is 36.4. The lowest BCUT2D eigenvalue weighted by Crippen LogP contribution is -2.16. The van der Waals surface area contributed by atoms with Crippen molar-refractivity contribution in [2.45, 2.75) is 9.79 Å². The predicted molar refractivity (Wildman–Crippen MR) is 86.2 cm³/mol. The molecule has 0 amide bonds. The Labute approximate surface area is 150 Å². The van der Waals surface area contributed by atoms with Gasteiger partial charge >= 0.3 is 23.9 Å². The Bertz CT molecular complexity index is 1100. The minimum Gasteiger partial charge on any atom is -0.478 e. The second-order valence-electron chi connectivity index (χ2n) is 5.11. The normalized spacial score (nSPS) is 11.0. The van der Waals surface area contributed by atoms with Gasteiger partial charge in [0.2, 0.25) is 9.84 Å². The van der Waals surface area contributed by atoms with E-state index >= 15 is 0 Å². The summed E-state index contributed by atoms with van der Waals surface area (Å²) >= 11 is 0. The Morgan fingerprint density at radius 3 is 1.70 bits per heavy atom. The monoisotopic (exact) mass is 394 g/mol. The van der Waals surface area contributed by atoms with Crippen LogP contribution in [0.5, 0.6) is 0 Å². The number of carboxylic acid groups (broad SMARTS) is 4. The van der Waals surface area contributed by atoms with Crippen LogP contribution in [-0.4, -0.2) is 52.7 Å². The summed E-state index contributed by atoms with van der Waals surface area (Å²) in [4.78, 5) is 43.4. The lowest BCUT2D eigenvalue weighted by Gasteiger charge is -2.11. The molecule has 10 nitrogen and oxygen atoms in total. The molecule has 0 bridgehead atoms. The Balaban J connectivity index is 2.82. The molecular formula is C16H10O10S. The van der Waals surface area contributed by atoms with Gasteiger partial charge in [-0.3, -0.25) is 0 Å². The van der Waals surface area contributed by atoms with E-state index in [-0.39, 0.29) is 0 Å². The van der Waals surface area contributed by atoms with Gasteiger partial charge in [-0.05, 0) is 30.3 Å². The molecule has 0 atom stereocenters. The van der Waals surface area contributed by atoms with E-state index < -0.39 is 65.8 Å². The van der Waals surface area contributed by atoms with E-state index in [2.05, 4.69) is 0 Å². The molecule has 0 radical (unpaired) electrons. The van der Waals surface area contributed by atoms with E-state index in [4.69, 9.17) is 15.3 Å². The van der Waals surface area contributed by atoms with Crippen LogP contribution >= 0.6 is 0 Å². The molecule has 2 rings (SSSR count). The molecule has 0 aliphatic heterocycles. The molecule has 0 saturated carbocycles. The highest BCUT2D eigenvalue weighted by atomic mass is 32.2. The number of hydrogen-bond acceptors (Lipinski definition) is 6. The molecule has 2 aromatic rings. The van der Waals surface area contributed by atoms with E-state index in [1.807, 2.05) is 0 Å². The molecule has 0 fully saturated rings. The quantitative estimate of drug-likeness (QED) is 0.557. The van der Waals surface area contributed by atoms with Gasteiger partial charge in [0.1, 0.15) is 0 Å². The van der Waals surface area contributed by atoms with Crippen LogP contribution in [0.4, 0.5) is 0 Å². The van der Waals surface area contributed by atoms with Crippen molar-refractivity contribution < 1.29 is 48.0 Å². The predicted octanol–water partition coefficient (Wildman–Crippen LogP) is 1.31. The van der Waals surface area contributed by atoms with Crippen molar-refractivity contribution in [3.63, 3.8) is 0 Å². The van der Waals surface area contributed by atoms with Crippen molar-refractivity contribution in [2.75, 3.05) is 0 Å². The highest BCUT2D eigenvalue weighted by Gasteiger charge is 2.30. The molecule has 11 heteroatoms. The minimum absolute atomic E-state index is 0.570. The van der Waals surface area contributed by atoms with Gasteiger partial charge in [0.15, 0.2) is 0 Å². The van der Waals surface area contributed by atoms with Crippen molar-refractivity contribution in [1.82, 2.24) is 0 Å². The third kappa shape index (κ3) is 3.48. The Morgan fingerprint density at radius 1 is 0.667 bits per heavy atom. The first-order valence-corrected chi connectivity index (χ1v) is 8.42. The number of sulfone groups is 1. The molecule has 27 heavy (non-hydrogen) atoms. The average molecular weight is 394 g/mol. The third-order valence-electron chi connectivity index (χ3n) is 3.52. The lowest BCUT2D eigenvalue weighted by atomic mass is 10.1. The van der Waals surface area contributed by atoms with Crippen molar-refractivity contribution in [3.05, 3.63) is 58.7 Å². The van der Waals surface area contributed by atoms with Crippen LogP contribution in [0.2, 0.25) is 0 Å². The maximum absolute atomic E-state index is 12.8. The number of aromatic carboxylic acids is 4. The average Bonchev–Trinajstić information content (AvgIpc) is 2.60. The molecule has 0 aromatic heterocycles. The number of carbonyl (C=O) groups is 4. The van der Waals surface area contributed by atoms with Gasteiger partial charge in [0.25, 0.3) is 0 Å². The number of carboxylic acids is 4. The molecule has 0 spiro atoms. The Hall–Kier alpha value is -3.73. The van der Waals surface area contributed by atoms with Gasteiger partial charge in [0.05, 0.1) is 32.0 Å². The highest BCUT2D eigenvalue weighted by Crippen LogP contribution is 2.28. The van der Waals surface area contributed by atoms with Gasteiger partial charge in [-0.25, -0.2) is 27.6 Å². The summed E-state index contributed by atoms with van der Waals surface area (Å²) in [6.07, 6.45) is 0. The molecule has 0 unspecified atom stereocenters. The molecule has 2 aromatic carbocycles. The van der Waals surface area contributed by atoms with Gasteiger partial charge in [-0.2, -0.15) is 0 Å². The molecule has 0 aliphatic rings. The van der Waals surface area contributed by atoms with Crippen LogP contribution in [0.25, 0.3) is 0 Å². The van der Waals surface area contributed by atoms with Gasteiger partial charge < -0.3 is 20.4 Å². The molecule has 0 heterocycles. The van der Waals surface area contributed by atoms with Crippen LogP contribution in [0.3, 0.4) is 0 Å². The number of hydrogen-bond donors (Lipinski definition) is 4. The fraction of sp³-hybridized carbons (Fsp3) is 0. The topological polar surface area (TPSA) is 183 Å². The number of benzene rings is 2. The zero-order valence-corrected chi connectivity index (χ0v) is 13.9. The largest absolute Gasteiger partial charge is 0.478 e. The van der Waals surface area contributed by atoms with Crippen LogP contribution in [0.1, 0.15) is 41.4 Å². The van der Waals surface area contributed by atoms with E-state index in [0.29, 0.717) is 6.07 Å². The zero-order chi connectivity index (χ0) is 20.5. The van der Waals surface area contributed by atoms with Crippen LogP contribution in [-0.2, 0) is 9.84 Å². The lowest BCUT2D eigenvalue weighted by molar-refractivity contribution is 0.0648. The fourth-order valence-corrected chi connectivity index (χ4v) is 3.83. The summed E-state index contributed by atoms with van der Waals surface area (Å²) in [7, 11) is -4.67. The second kappa shape index (κ2) is 6.88. The van der Waals surface area contributed by atoms with Crippen molar-refractivity contribution in [2.24, 2.45) is 0 Å². The van der Waals surface area contributed by atoms with Crippen molar-refractivity contribution in [1.29, 1.82) is 0 Å². The van der Waals surface area contributed by atoms with Crippen LogP contribution in [0, 0.1) is 0 Å². The first kappa shape index (κ1) is 19.6. The molecule has 0 aliphatic carbocycles. The molecular weight excluding hydrogens is 384 g/mol. The summed E-state index contributed by atoms with van der Waals surface area (Å²) in [5.41, 5.74) is -3.26. The SMILES string of the molecule is O=C(O)c1ccc(S(=O)(=O)c2cccc(C(=O)O)c2C(=O)O)cc1C(=O)O. The van der Waals surface area contributed by atoms with Crippen LogP contribution < -0.4 is 0 Å². The minimum atomic E-state index is -4.67. The van der Waals surface area contributed by atoms with Crippen molar-refractivity contribution >= 4 is 33.7 Å². The van der Waals surface area contributed by atoms with E-state index in [9.17, 15) is 32.7 Å². The Morgan fingerprint density at radius 2 is 1.22 bits per heavy atom. The third-order valence-corrected chi connectivity index (χ3v) is 5.32. The Kier molecular flexibility index (Phi) is 4.99. The molecule has 140 valence electrons. The maximum atomic E-state index is 12.8. The summed E-state index contributed by atoms with van der Waals surface area (Å²) in [6.45, 7) is 0. The van der Waals surface area contributed by atoms with E-state index in [1.54, 1.807) is 0 Å². The first-order valence-electron chi connectivity index (χ1n) is 6.93.